The number of nitrogens with zero attached hydrogens (tertiary/aromatic N) is 3. The first-order valence-electron chi connectivity index (χ1n) is 5.26. The van der Waals surface area contributed by atoms with Crippen LogP contribution in [-0.4, -0.2) is 20.4 Å². The Morgan fingerprint density at radius 1 is 1.47 bits per heavy atom. The van der Waals surface area contributed by atoms with Crippen molar-refractivity contribution in [1.82, 2.24) is 15.2 Å². The third-order valence-electron chi connectivity index (χ3n) is 2.69. The quantitative estimate of drug-likeness (QED) is 0.800. The summed E-state index contributed by atoms with van der Waals surface area (Å²) in [6.07, 6.45) is 6.92. The van der Waals surface area contributed by atoms with Gasteiger partial charge in [-0.05, 0) is 30.4 Å². The smallest absolute Gasteiger partial charge is 0.208 e. The van der Waals surface area contributed by atoms with Gasteiger partial charge in [0.15, 0.2) is 0 Å². The predicted molar refractivity (Wildman–Crippen MR) is 62.1 cm³/mol. The average Bonchev–Trinajstić information content (AvgIpc) is 2.17. The Morgan fingerprint density at radius 3 is 3.07 bits per heavy atom. The molecule has 0 N–H and O–H groups in total. The summed E-state index contributed by atoms with van der Waals surface area (Å²) in [6, 6.07) is 0. The molecule has 0 radical (unpaired) electrons. The van der Waals surface area contributed by atoms with Gasteiger partial charge in [-0.2, -0.15) is 5.10 Å². The highest BCUT2D eigenvalue weighted by molar-refractivity contribution is 7.99. The molecule has 1 aromatic rings. The third-order valence-corrected chi connectivity index (χ3v) is 4.05. The maximum absolute atomic E-state index is 5.69. The lowest BCUT2D eigenvalue weighted by molar-refractivity contribution is 0.394. The highest BCUT2D eigenvalue weighted by Gasteiger charge is 2.20. The lowest BCUT2D eigenvalue weighted by atomic mass is 9.91. The Morgan fingerprint density at radius 2 is 2.33 bits per heavy atom. The van der Waals surface area contributed by atoms with Crippen molar-refractivity contribution < 1.29 is 0 Å². The van der Waals surface area contributed by atoms with E-state index in [1.165, 1.54) is 25.7 Å². The molecular weight excluding hydrogens is 230 g/mol. The molecule has 0 saturated heterocycles. The van der Waals surface area contributed by atoms with Gasteiger partial charge < -0.3 is 0 Å². The molecule has 3 nitrogen and oxygen atoms in total. The summed E-state index contributed by atoms with van der Waals surface area (Å²) in [5, 5.41) is 9.25. The fourth-order valence-electron chi connectivity index (χ4n) is 1.98. The Balaban J connectivity index is 1.96. The fraction of sp³-hybridized carbons (Fsp3) is 0.700. The molecular formula is C10H14ClN3S. The second kappa shape index (κ2) is 5.12. The topological polar surface area (TPSA) is 38.7 Å². The Labute approximate surface area is 99.0 Å². The van der Waals surface area contributed by atoms with Crippen LogP contribution in [0.1, 0.15) is 32.6 Å². The maximum atomic E-state index is 5.69. The second-order valence-corrected chi connectivity index (χ2v) is 5.73. The SMILES string of the molecule is CC1CCCC(Sc2cnnc(Cl)n2)C1. The van der Waals surface area contributed by atoms with Crippen molar-refractivity contribution in [3.8, 4) is 0 Å². The van der Waals surface area contributed by atoms with Crippen LogP contribution in [-0.2, 0) is 0 Å². The zero-order valence-electron chi connectivity index (χ0n) is 8.69. The van der Waals surface area contributed by atoms with E-state index in [9.17, 15) is 0 Å². The van der Waals surface area contributed by atoms with Crippen LogP contribution in [0.25, 0.3) is 0 Å². The van der Waals surface area contributed by atoms with Gasteiger partial charge in [0.05, 0.1) is 6.20 Å². The Bertz CT molecular complexity index is 334. The van der Waals surface area contributed by atoms with Crippen LogP contribution in [0.15, 0.2) is 11.2 Å². The molecule has 1 aliphatic carbocycles. The maximum Gasteiger partial charge on any atom is 0.244 e. The van der Waals surface area contributed by atoms with E-state index in [2.05, 4.69) is 22.1 Å². The zero-order chi connectivity index (χ0) is 10.7. The molecule has 1 aromatic heterocycles. The van der Waals surface area contributed by atoms with Crippen molar-refractivity contribution in [3.05, 3.63) is 11.5 Å². The standard InChI is InChI=1S/C10H14ClN3S/c1-7-3-2-4-8(5-7)15-9-6-12-14-10(11)13-9/h6-8H,2-5H2,1H3. The zero-order valence-corrected chi connectivity index (χ0v) is 10.3. The molecule has 1 saturated carbocycles. The number of hydrogen-bond acceptors (Lipinski definition) is 4. The molecule has 0 aromatic carbocycles. The molecule has 2 atom stereocenters. The summed E-state index contributed by atoms with van der Waals surface area (Å²) < 4.78 is 0. The molecule has 2 unspecified atom stereocenters. The molecule has 0 spiro atoms. The molecule has 0 amide bonds. The van der Waals surface area contributed by atoms with Crippen LogP contribution in [0.2, 0.25) is 5.28 Å². The minimum absolute atomic E-state index is 0.240. The van der Waals surface area contributed by atoms with E-state index in [0.29, 0.717) is 5.25 Å². The van der Waals surface area contributed by atoms with Crippen LogP contribution < -0.4 is 0 Å². The van der Waals surface area contributed by atoms with Crippen molar-refractivity contribution in [2.45, 2.75) is 42.9 Å². The van der Waals surface area contributed by atoms with Gasteiger partial charge in [0.1, 0.15) is 5.03 Å². The van der Waals surface area contributed by atoms with Crippen molar-refractivity contribution in [1.29, 1.82) is 0 Å². The fourth-order valence-corrected chi connectivity index (χ4v) is 3.46. The molecule has 0 aliphatic heterocycles. The van der Waals surface area contributed by atoms with Crippen LogP contribution in [0, 0.1) is 5.92 Å². The molecule has 1 heterocycles. The van der Waals surface area contributed by atoms with E-state index in [-0.39, 0.29) is 5.28 Å². The summed E-state index contributed by atoms with van der Waals surface area (Å²) in [6.45, 7) is 2.32. The number of rotatable bonds is 2. The normalized spacial score (nSPS) is 26.5. The first kappa shape index (κ1) is 11.1. The molecule has 1 aliphatic rings. The van der Waals surface area contributed by atoms with E-state index >= 15 is 0 Å². The van der Waals surface area contributed by atoms with Crippen LogP contribution in [0.5, 0.6) is 0 Å². The third kappa shape index (κ3) is 3.31. The van der Waals surface area contributed by atoms with Crippen molar-refractivity contribution in [2.75, 3.05) is 0 Å². The van der Waals surface area contributed by atoms with Gasteiger partial charge in [0.25, 0.3) is 0 Å². The lowest BCUT2D eigenvalue weighted by Crippen LogP contribution is -2.15. The predicted octanol–water partition coefficient (Wildman–Crippen LogP) is 3.20. The molecule has 82 valence electrons. The molecule has 0 bridgehead atoms. The largest absolute Gasteiger partial charge is 0.244 e. The lowest BCUT2D eigenvalue weighted by Gasteiger charge is -2.25. The first-order chi connectivity index (χ1) is 7.24. The van der Waals surface area contributed by atoms with Crippen molar-refractivity contribution >= 4 is 23.4 Å². The second-order valence-electron chi connectivity index (χ2n) is 4.08. The van der Waals surface area contributed by atoms with Gasteiger partial charge in [0.2, 0.25) is 5.28 Å². The van der Waals surface area contributed by atoms with Crippen molar-refractivity contribution in [2.24, 2.45) is 5.92 Å². The summed E-state index contributed by atoms with van der Waals surface area (Å²) >= 11 is 7.48. The van der Waals surface area contributed by atoms with Gasteiger partial charge >= 0.3 is 0 Å². The van der Waals surface area contributed by atoms with Gasteiger partial charge in [-0.25, -0.2) is 4.98 Å². The molecule has 2 rings (SSSR count). The van der Waals surface area contributed by atoms with E-state index in [1.54, 1.807) is 18.0 Å². The Hall–Kier alpha value is -0.350. The summed E-state index contributed by atoms with van der Waals surface area (Å²) in [5.41, 5.74) is 0. The van der Waals surface area contributed by atoms with Gasteiger partial charge in [0, 0.05) is 5.25 Å². The minimum atomic E-state index is 0.240. The van der Waals surface area contributed by atoms with E-state index in [0.717, 1.165) is 10.9 Å². The summed E-state index contributed by atoms with van der Waals surface area (Å²) in [7, 11) is 0. The highest BCUT2D eigenvalue weighted by Crippen LogP contribution is 2.35. The summed E-state index contributed by atoms with van der Waals surface area (Å²) in [4.78, 5) is 4.15. The number of halogens is 1. The monoisotopic (exact) mass is 243 g/mol. The number of thioether (sulfide) groups is 1. The average molecular weight is 244 g/mol. The highest BCUT2D eigenvalue weighted by atomic mass is 35.5. The molecule has 5 heteroatoms. The van der Waals surface area contributed by atoms with Crippen LogP contribution >= 0.6 is 23.4 Å². The van der Waals surface area contributed by atoms with Gasteiger partial charge in [-0.15, -0.1) is 16.9 Å². The number of aromatic nitrogens is 3. The minimum Gasteiger partial charge on any atom is -0.208 e. The van der Waals surface area contributed by atoms with Crippen molar-refractivity contribution in [3.63, 3.8) is 0 Å². The van der Waals surface area contributed by atoms with E-state index in [4.69, 9.17) is 11.6 Å². The summed E-state index contributed by atoms with van der Waals surface area (Å²) in [5.74, 6) is 0.835. The van der Waals surface area contributed by atoms with Crippen LogP contribution in [0.4, 0.5) is 0 Å². The Kier molecular flexibility index (Phi) is 3.81. The molecule has 15 heavy (non-hydrogen) atoms. The van der Waals surface area contributed by atoms with Gasteiger partial charge in [-0.1, -0.05) is 19.8 Å². The van der Waals surface area contributed by atoms with E-state index < -0.39 is 0 Å². The van der Waals surface area contributed by atoms with Gasteiger partial charge in [-0.3, -0.25) is 0 Å². The first-order valence-corrected chi connectivity index (χ1v) is 6.51. The number of hydrogen-bond donors (Lipinski definition) is 0. The van der Waals surface area contributed by atoms with E-state index in [1.807, 2.05) is 0 Å². The molecule has 1 fully saturated rings. The van der Waals surface area contributed by atoms with Crippen LogP contribution in [0.3, 0.4) is 0 Å².